The molecule has 0 aliphatic carbocycles. The van der Waals surface area contributed by atoms with Crippen LogP contribution in [0.5, 0.6) is 0 Å². The minimum Gasteiger partial charge on any atom is -0.481 e. The summed E-state index contributed by atoms with van der Waals surface area (Å²) in [7, 11) is 0. The fourth-order valence-electron chi connectivity index (χ4n) is 2.42. The van der Waals surface area contributed by atoms with Crippen molar-refractivity contribution < 1.29 is 9.90 Å². The van der Waals surface area contributed by atoms with Crippen molar-refractivity contribution >= 4 is 5.97 Å². The van der Waals surface area contributed by atoms with E-state index in [2.05, 4.69) is 16.8 Å². The van der Waals surface area contributed by atoms with E-state index in [0.29, 0.717) is 6.54 Å². The first-order chi connectivity index (χ1) is 8.08. The molecule has 1 N–H and O–H groups in total. The average molecular weight is 234 g/mol. The van der Waals surface area contributed by atoms with Gasteiger partial charge in [0.15, 0.2) is 0 Å². The standard InChI is InChI=1S/C13H18N2O2/c1-9-3-4-14-5-11(9)7-15-6-10(2)12(8-15)13(16)17/h3-5,10,12H,6-8H2,1-2H3,(H,16,17). The van der Waals surface area contributed by atoms with Gasteiger partial charge in [0.2, 0.25) is 0 Å². The number of hydrogen-bond acceptors (Lipinski definition) is 3. The second-order valence-corrected chi connectivity index (χ2v) is 4.92. The summed E-state index contributed by atoms with van der Waals surface area (Å²) in [6.45, 7) is 6.37. The van der Waals surface area contributed by atoms with Crippen molar-refractivity contribution in [2.24, 2.45) is 11.8 Å². The van der Waals surface area contributed by atoms with Crippen LogP contribution in [0.15, 0.2) is 18.5 Å². The molecule has 4 heteroatoms. The monoisotopic (exact) mass is 234 g/mol. The van der Waals surface area contributed by atoms with E-state index < -0.39 is 5.97 Å². The number of nitrogens with zero attached hydrogens (tertiary/aromatic N) is 2. The van der Waals surface area contributed by atoms with Crippen molar-refractivity contribution in [3.8, 4) is 0 Å². The lowest BCUT2D eigenvalue weighted by Crippen LogP contribution is -2.23. The minimum absolute atomic E-state index is 0.226. The highest BCUT2D eigenvalue weighted by molar-refractivity contribution is 5.71. The molecule has 0 saturated carbocycles. The number of aliphatic carboxylic acids is 1. The van der Waals surface area contributed by atoms with E-state index in [4.69, 9.17) is 5.11 Å². The Balaban J connectivity index is 2.03. The fraction of sp³-hybridized carbons (Fsp3) is 0.538. The number of rotatable bonds is 3. The Morgan fingerprint density at radius 3 is 2.94 bits per heavy atom. The van der Waals surface area contributed by atoms with Gasteiger partial charge in [-0.25, -0.2) is 0 Å². The zero-order chi connectivity index (χ0) is 12.4. The molecule has 2 heterocycles. The predicted molar refractivity (Wildman–Crippen MR) is 64.5 cm³/mol. The molecule has 0 spiro atoms. The lowest BCUT2D eigenvalue weighted by molar-refractivity contribution is -0.142. The Hall–Kier alpha value is -1.42. The maximum absolute atomic E-state index is 11.0. The van der Waals surface area contributed by atoms with Gasteiger partial charge in [-0.3, -0.25) is 14.7 Å². The largest absolute Gasteiger partial charge is 0.481 e. The number of likely N-dealkylation sites (tertiary alicyclic amines) is 1. The van der Waals surface area contributed by atoms with Crippen LogP contribution in [0.4, 0.5) is 0 Å². The highest BCUT2D eigenvalue weighted by Crippen LogP contribution is 2.25. The van der Waals surface area contributed by atoms with E-state index in [1.54, 1.807) is 6.20 Å². The molecule has 1 aliphatic heterocycles. The van der Waals surface area contributed by atoms with Crippen molar-refractivity contribution in [1.82, 2.24) is 9.88 Å². The minimum atomic E-state index is -0.678. The molecule has 2 atom stereocenters. The summed E-state index contributed by atoms with van der Waals surface area (Å²) >= 11 is 0. The zero-order valence-electron chi connectivity index (χ0n) is 10.3. The molecule has 2 unspecified atom stereocenters. The summed E-state index contributed by atoms with van der Waals surface area (Å²) in [4.78, 5) is 17.4. The normalized spacial score (nSPS) is 25.1. The number of carbonyl (C=O) groups is 1. The van der Waals surface area contributed by atoms with Crippen LogP contribution in [0.25, 0.3) is 0 Å². The molecule has 1 aliphatic rings. The number of aryl methyl sites for hydroxylation is 1. The number of pyridine rings is 1. The topological polar surface area (TPSA) is 53.4 Å². The number of aromatic nitrogens is 1. The molecule has 17 heavy (non-hydrogen) atoms. The molecule has 1 aromatic heterocycles. The van der Waals surface area contributed by atoms with Crippen LogP contribution in [0.2, 0.25) is 0 Å². The third-order valence-electron chi connectivity index (χ3n) is 3.55. The molecule has 1 saturated heterocycles. The summed E-state index contributed by atoms with van der Waals surface area (Å²) in [5.74, 6) is -0.681. The third kappa shape index (κ3) is 2.64. The Morgan fingerprint density at radius 1 is 1.59 bits per heavy atom. The van der Waals surface area contributed by atoms with Gasteiger partial charge < -0.3 is 5.11 Å². The van der Waals surface area contributed by atoms with Crippen LogP contribution < -0.4 is 0 Å². The van der Waals surface area contributed by atoms with Gasteiger partial charge in [-0.15, -0.1) is 0 Å². The van der Waals surface area contributed by atoms with Crippen molar-refractivity contribution in [2.45, 2.75) is 20.4 Å². The van der Waals surface area contributed by atoms with Crippen LogP contribution >= 0.6 is 0 Å². The molecule has 92 valence electrons. The van der Waals surface area contributed by atoms with Gasteiger partial charge in [0.1, 0.15) is 0 Å². The van der Waals surface area contributed by atoms with E-state index in [-0.39, 0.29) is 11.8 Å². The maximum atomic E-state index is 11.0. The van der Waals surface area contributed by atoms with Gasteiger partial charge in [0, 0.05) is 32.0 Å². The van der Waals surface area contributed by atoms with Crippen LogP contribution in [-0.4, -0.2) is 34.0 Å². The molecule has 0 radical (unpaired) electrons. The van der Waals surface area contributed by atoms with Crippen molar-refractivity contribution in [1.29, 1.82) is 0 Å². The highest BCUT2D eigenvalue weighted by Gasteiger charge is 2.34. The average Bonchev–Trinajstić information content (AvgIpc) is 2.63. The Morgan fingerprint density at radius 2 is 2.35 bits per heavy atom. The lowest BCUT2D eigenvalue weighted by atomic mass is 9.99. The van der Waals surface area contributed by atoms with Crippen molar-refractivity contribution in [2.75, 3.05) is 13.1 Å². The second kappa shape index (κ2) is 4.84. The molecule has 4 nitrogen and oxygen atoms in total. The van der Waals surface area contributed by atoms with E-state index in [1.807, 2.05) is 19.2 Å². The van der Waals surface area contributed by atoms with Gasteiger partial charge in [-0.1, -0.05) is 6.92 Å². The Kier molecular flexibility index (Phi) is 3.43. The van der Waals surface area contributed by atoms with Gasteiger partial charge >= 0.3 is 5.97 Å². The second-order valence-electron chi connectivity index (χ2n) is 4.92. The van der Waals surface area contributed by atoms with Crippen LogP contribution in [0, 0.1) is 18.8 Å². The van der Waals surface area contributed by atoms with E-state index in [0.717, 1.165) is 13.1 Å². The third-order valence-corrected chi connectivity index (χ3v) is 3.55. The summed E-state index contributed by atoms with van der Waals surface area (Å²) in [5.41, 5.74) is 2.40. The predicted octanol–water partition coefficient (Wildman–Crippen LogP) is 1.54. The molecule has 0 bridgehead atoms. The summed E-state index contributed by atoms with van der Waals surface area (Å²) < 4.78 is 0. The molecule has 1 fully saturated rings. The van der Waals surface area contributed by atoms with Crippen molar-refractivity contribution in [3.63, 3.8) is 0 Å². The van der Waals surface area contributed by atoms with Gasteiger partial charge in [0.25, 0.3) is 0 Å². The van der Waals surface area contributed by atoms with E-state index in [9.17, 15) is 4.79 Å². The highest BCUT2D eigenvalue weighted by atomic mass is 16.4. The zero-order valence-corrected chi connectivity index (χ0v) is 10.3. The van der Waals surface area contributed by atoms with Crippen LogP contribution in [0.3, 0.4) is 0 Å². The van der Waals surface area contributed by atoms with Gasteiger partial charge in [0.05, 0.1) is 5.92 Å². The molecule has 0 amide bonds. The first-order valence-corrected chi connectivity index (χ1v) is 5.92. The number of carboxylic acids is 1. The molecule has 0 aromatic carbocycles. The van der Waals surface area contributed by atoms with E-state index >= 15 is 0 Å². The number of carboxylic acid groups (broad SMARTS) is 1. The smallest absolute Gasteiger partial charge is 0.308 e. The summed E-state index contributed by atoms with van der Waals surface area (Å²) in [6.07, 6.45) is 3.65. The van der Waals surface area contributed by atoms with Gasteiger partial charge in [-0.2, -0.15) is 0 Å². The molecular weight excluding hydrogens is 216 g/mol. The molecule has 1 aromatic rings. The Bertz CT molecular complexity index is 420. The van der Waals surface area contributed by atoms with Crippen LogP contribution in [0.1, 0.15) is 18.1 Å². The molecule has 2 rings (SSSR count). The summed E-state index contributed by atoms with van der Waals surface area (Å²) in [6, 6.07) is 1.99. The number of hydrogen-bond donors (Lipinski definition) is 1. The first-order valence-electron chi connectivity index (χ1n) is 5.92. The fourth-order valence-corrected chi connectivity index (χ4v) is 2.42. The maximum Gasteiger partial charge on any atom is 0.308 e. The van der Waals surface area contributed by atoms with Crippen molar-refractivity contribution in [3.05, 3.63) is 29.6 Å². The van der Waals surface area contributed by atoms with Crippen LogP contribution in [-0.2, 0) is 11.3 Å². The quantitative estimate of drug-likeness (QED) is 0.862. The summed E-state index contributed by atoms with van der Waals surface area (Å²) in [5, 5.41) is 9.08. The SMILES string of the molecule is Cc1ccncc1CN1CC(C)C(C(=O)O)C1. The van der Waals surface area contributed by atoms with Gasteiger partial charge in [-0.05, 0) is 30.0 Å². The first kappa shape index (κ1) is 12.0. The molecular formula is C13H18N2O2. The lowest BCUT2D eigenvalue weighted by Gasteiger charge is -2.16. The van der Waals surface area contributed by atoms with E-state index in [1.165, 1.54) is 11.1 Å². The Labute approximate surface area is 101 Å².